The lowest BCUT2D eigenvalue weighted by Gasteiger charge is -2.28. The van der Waals surface area contributed by atoms with Gasteiger partial charge in [0.25, 0.3) is 0 Å². The molecule has 1 N–H and O–H groups in total. The van der Waals surface area contributed by atoms with Crippen molar-refractivity contribution in [1.29, 1.82) is 0 Å². The Balaban J connectivity index is 2.17. The van der Waals surface area contributed by atoms with Crippen LogP contribution < -0.4 is 10.1 Å². The smallest absolute Gasteiger partial charge is 0.189 e. The molecular formula is C14H18N2O2. The second-order valence-corrected chi connectivity index (χ2v) is 4.33. The fraction of sp³-hybridized carbons (Fsp3) is 0.357. The van der Waals surface area contributed by atoms with E-state index in [0.717, 1.165) is 25.3 Å². The van der Waals surface area contributed by atoms with Gasteiger partial charge >= 0.3 is 0 Å². The van der Waals surface area contributed by atoms with Crippen LogP contribution in [0.3, 0.4) is 0 Å². The third-order valence-electron chi connectivity index (χ3n) is 3.01. The Labute approximate surface area is 107 Å². The summed E-state index contributed by atoms with van der Waals surface area (Å²) in [6, 6.07) is 7.20. The number of rotatable bonds is 3. The van der Waals surface area contributed by atoms with Crippen LogP contribution in [-0.2, 0) is 0 Å². The van der Waals surface area contributed by atoms with Gasteiger partial charge in [-0.2, -0.15) is 0 Å². The number of hydrogen-bond donors (Lipinski definition) is 1. The number of allylic oxidation sites excluding steroid dienone is 1. The molecule has 1 aromatic rings. The topological polar surface area (TPSA) is 41.6 Å². The van der Waals surface area contributed by atoms with Gasteiger partial charge in [0.1, 0.15) is 11.6 Å². The second-order valence-electron chi connectivity index (χ2n) is 4.33. The lowest BCUT2D eigenvalue weighted by atomic mass is 10.1. The number of methoxy groups -OCH3 is 1. The molecule has 4 heteroatoms. The minimum Gasteiger partial charge on any atom is -0.497 e. The quantitative estimate of drug-likeness (QED) is 0.650. The van der Waals surface area contributed by atoms with Gasteiger partial charge in [0.05, 0.1) is 7.11 Å². The SMILES string of the molecule is COc1cccc(C(=O)/C=C2\NCCCN2C)c1. The van der Waals surface area contributed by atoms with Gasteiger partial charge in [0.2, 0.25) is 0 Å². The summed E-state index contributed by atoms with van der Waals surface area (Å²) >= 11 is 0. The Morgan fingerprint density at radius 3 is 3.06 bits per heavy atom. The van der Waals surface area contributed by atoms with Crippen LogP contribution in [0, 0.1) is 0 Å². The van der Waals surface area contributed by atoms with Gasteiger partial charge in [-0.25, -0.2) is 0 Å². The van der Waals surface area contributed by atoms with Crippen molar-refractivity contribution in [3.63, 3.8) is 0 Å². The van der Waals surface area contributed by atoms with Crippen molar-refractivity contribution in [2.24, 2.45) is 0 Å². The molecule has 0 aliphatic carbocycles. The van der Waals surface area contributed by atoms with Crippen LogP contribution in [0.25, 0.3) is 0 Å². The number of carbonyl (C=O) groups excluding carboxylic acids is 1. The van der Waals surface area contributed by atoms with Crippen LogP contribution in [0.15, 0.2) is 36.2 Å². The third-order valence-corrected chi connectivity index (χ3v) is 3.01. The van der Waals surface area contributed by atoms with E-state index in [4.69, 9.17) is 4.74 Å². The summed E-state index contributed by atoms with van der Waals surface area (Å²) in [6.07, 6.45) is 2.75. The second kappa shape index (κ2) is 5.58. The van der Waals surface area contributed by atoms with Crippen molar-refractivity contribution in [2.45, 2.75) is 6.42 Å². The zero-order valence-corrected chi connectivity index (χ0v) is 10.8. The standard InChI is InChI=1S/C14H18N2O2/c1-16-8-4-7-15-14(16)10-13(17)11-5-3-6-12(9-11)18-2/h3,5-6,9-10,15H,4,7-8H2,1-2H3/b14-10+. The van der Waals surface area contributed by atoms with Crippen molar-refractivity contribution >= 4 is 5.78 Å². The first-order chi connectivity index (χ1) is 8.70. The van der Waals surface area contributed by atoms with E-state index < -0.39 is 0 Å². The molecule has 4 nitrogen and oxygen atoms in total. The summed E-state index contributed by atoms with van der Waals surface area (Å²) in [4.78, 5) is 14.2. The van der Waals surface area contributed by atoms with Gasteiger partial charge in [0, 0.05) is 31.8 Å². The van der Waals surface area contributed by atoms with E-state index in [1.807, 2.05) is 19.2 Å². The van der Waals surface area contributed by atoms with E-state index in [1.165, 1.54) is 0 Å². The van der Waals surface area contributed by atoms with Gasteiger partial charge in [-0.1, -0.05) is 12.1 Å². The summed E-state index contributed by atoms with van der Waals surface area (Å²) < 4.78 is 5.12. The minimum absolute atomic E-state index is 0.00912. The highest BCUT2D eigenvalue weighted by Crippen LogP contribution is 2.14. The van der Waals surface area contributed by atoms with Gasteiger partial charge in [-0.05, 0) is 18.6 Å². The predicted molar refractivity (Wildman–Crippen MR) is 70.7 cm³/mol. The molecule has 2 rings (SSSR count). The van der Waals surface area contributed by atoms with E-state index in [1.54, 1.807) is 25.3 Å². The van der Waals surface area contributed by atoms with E-state index >= 15 is 0 Å². The number of benzene rings is 1. The molecule has 1 fully saturated rings. The predicted octanol–water partition coefficient (Wildman–Crippen LogP) is 1.64. The van der Waals surface area contributed by atoms with Crippen LogP contribution in [0.5, 0.6) is 5.75 Å². The normalized spacial score (nSPS) is 17.4. The Hall–Kier alpha value is -1.97. The Bertz CT molecular complexity index is 469. The highest BCUT2D eigenvalue weighted by molar-refractivity contribution is 6.05. The van der Waals surface area contributed by atoms with Crippen molar-refractivity contribution < 1.29 is 9.53 Å². The number of nitrogens with one attached hydrogen (secondary N) is 1. The molecule has 0 unspecified atom stereocenters. The van der Waals surface area contributed by atoms with Crippen molar-refractivity contribution in [2.75, 3.05) is 27.2 Å². The monoisotopic (exact) mass is 246 g/mol. The molecule has 1 aliphatic heterocycles. The van der Waals surface area contributed by atoms with E-state index in [9.17, 15) is 4.79 Å². The molecule has 0 atom stereocenters. The maximum absolute atomic E-state index is 12.1. The molecule has 18 heavy (non-hydrogen) atoms. The lowest BCUT2D eigenvalue weighted by molar-refractivity contribution is 0.104. The van der Waals surface area contributed by atoms with Gasteiger partial charge in [-0.3, -0.25) is 4.79 Å². The van der Waals surface area contributed by atoms with Crippen LogP contribution in [0.1, 0.15) is 16.8 Å². The van der Waals surface area contributed by atoms with Gasteiger partial charge < -0.3 is 15.0 Å². The average molecular weight is 246 g/mol. The van der Waals surface area contributed by atoms with Crippen molar-refractivity contribution in [1.82, 2.24) is 10.2 Å². The molecule has 0 spiro atoms. The highest BCUT2D eigenvalue weighted by Gasteiger charge is 2.12. The molecule has 0 amide bonds. The number of carbonyl (C=O) groups is 1. The Kier molecular flexibility index (Phi) is 3.87. The fourth-order valence-electron chi connectivity index (χ4n) is 1.93. The first-order valence-corrected chi connectivity index (χ1v) is 6.06. The number of nitrogens with zero attached hydrogens (tertiary/aromatic N) is 1. The van der Waals surface area contributed by atoms with Gasteiger partial charge in [0.15, 0.2) is 5.78 Å². The minimum atomic E-state index is -0.00912. The van der Waals surface area contributed by atoms with Gasteiger partial charge in [-0.15, -0.1) is 0 Å². The van der Waals surface area contributed by atoms with Crippen molar-refractivity contribution in [3.05, 3.63) is 41.7 Å². The van der Waals surface area contributed by atoms with E-state index in [0.29, 0.717) is 11.3 Å². The summed E-state index contributed by atoms with van der Waals surface area (Å²) in [5, 5.41) is 3.23. The first kappa shape index (κ1) is 12.5. The maximum Gasteiger partial charge on any atom is 0.189 e. The molecule has 0 radical (unpaired) electrons. The fourth-order valence-corrected chi connectivity index (χ4v) is 1.93. The van der Waals surface area contributed by atoms with E-state index in [2.05, 4.69) is 10.2 Å². The lowest BCUT2D eigenvalue weighted by Crippen LogP contribution is -2.37. The first-order valence-electron chi connectivity index (χ1n) is 6.06. The van der Waals surface area contributed by atoms with E-state index in [-0.39, 0.29) is 5.78 Å². The third kappa shape index (κ3) is 2.83. The molecule has 1 saturated heterocycles. The zero-order chi connectivity index (χ0) is 13.0. The molecule has 1 heterocycles. The summed E-state index contributed by atoms with van der Waals surface area (Å²) in [5.41, 5.74) is 0.641. The molecule has 0 aromatic heterocycles. The summed E-state index contributed by atoms with van der Waals surface area (Å²) in [7, 11) is 3.58. The maximum atomic E-state index is 12.1. The van der Waals surface area contributed by atoms with Crippen LogP contribution in [0.4, 0.5) is 0 Å². The molecule has 0 bridgehead atoms. The zero-order valence-electron chi connectivity index (χ0n) is 10.8. The number of ketones is 1. The molecule has 96 valence electrons. The Morgan fingerprint density at radius 2 is 2.33 bits per heavy atom. The highest BCUT2D eigenvalue weighted by atomic mass is 16.5. The molecule has 1 aromatic carbocycles. The molecular weight excluding hydrogens is 228 g/mol. The average Bonchev–Trinajstić information content (AvgIpc) is 2.41. The number of hydrogen-bond acceptors (Lipinski definition) is 4. The summed E-state index contributed by atoms with van der Waals surface area (Å²) in [6.45, 7) is 1.89. The molecule has 0 saturated carbocycles. The molecule has 1 aliphatic rings. The summed E-state index contributed by atoms with van der Waals surface area (Å²) in [5.74, 6) is 1.57. The largest absolute Gasteiger partial charge is 0.497 e. The van der Waals surface area contributed by atoms with Crippen molar-refractivity contribution in [3.8, 4) is 5.75 Å². The van der Waals surface area contributed by atoms with Crippen LogP contribution in [0.2, 0.25) is 0 Å². The van der Waals surface area contributed by atoms with Crippen LogP contribution in [-0.4, -0.2) is 37.9 Å². The van der Waals surface area contributed by atoms with Crippen LogP contribution >= 0.6 is 0 Å². The Morgan fingerprint density at radius 1 is 1.50 bits per heavy atom. The number of ether oxygens (including phenoxy) is 1.